The lowest BCUT2D eigenvalue weighted by atomic mass is 9.98. The van der Waals surface area contributed by atoms with Crippen LogP contribution < -0.4 is 0 Å². The first-order valence-corrected chi connectivity index (χ1v) is 7.38. The first kappa shape index (κ1) is 12.7. The van der Waals surface area contributed by atoms with Crippen molar-refractivity contribution in [1.82, 2.24) is 14.7 Å². The number of aromatic nitrogens is 2. The average Bonchev–Trinajstić information content (AvgIpc) is 2.83. The van der Waals surface area contributed by atoms with Gasteiger partial charge in [0.1, 0.15) is 0 Å². The second-order valence-electron chi connectivity index (χ2n) is 5.95. The molecule has 102 valence electrons. The molecule has 1 atom stereocenters. The predicted octanol–water partition coefficient (Wildman–Crippen LogP) is 3.16. The number of fused-ring (bicyclic) bond motifs is 1. The Hall–Kier alpha value is -1.35. The molecule has 1 aliphatic rings. The van der Waals surface area contributed by atoms with Gasteiger partial charge in [-0.15, -0.1) is 0 Å². The van der Waals surface area contributed by atoms with Gasteiger partial charge in [0.05, 0.1) is 18.3 Å². The van der Waals surface area contributed by atoms with Crippen LogP contribution >= 0.6 is 0 Å². The largest absolute Gasteiger partial charge is 0.299 e. The molecule has 3 heteroatoms. The van der Waals surface area contributed by atoms with Crippen LogP contribution in [-0.4, -0.2) is 33.8 Å². The molecule has 0 spiro atoms. The van der Waals surface area contributed by atoms with Gasteiger partial charge in [-0.05, 0) is 44.8 Å². The number of hydrogen-bond acceptors (Lipinski definition) is 2. The van der Waals surface area contributed by atoms with Gasteiger partial charge in [-0.2, -0.15) is 5.10 Å². The molecular weight excluding hydrogens is 234 g/mol. The van der Waals surface area contributed by atoms with Crippen LogP contribution in [0.2, 0.25) is 0 Å². The van der Waals surface area contributed by atoms with Crippen molar-refractivity contribution in [2.24, 2.45) is 5.92 Å². The summed E-state index contributed by atoms with van der Waals surface area (Å²) in [6, 6.07) is 9.02. The molecule has 1 unspecified atom stereocenters. The van der Waals surface area contributed by atoms with Crippen molar-refractivity contribution in [2.45, 2.75) is 39.3 Å². The zero-order chi connectivity index (χ0) is 13.2. The summed E-state index contributed by atoms with van der Waals surface area (Å²) in [4.78, 5) is 2.61. The van der Waals surface area contributed by atoms with E-state index in [1.807, 2.05) is 6.20 Å². The Morgan fingerprint density at radius 1 is 1.26 bits per heavy atom. The summed E-state index contributed by atoms with van der Waals surface area (Å²) in [5.41, 5.74) is 1.25. The summed E-state index contributed by atoms with van der Waals surface area (Å²) in [5.74, 6) is 0.897. The zero-order valence-electron chi connectivity index (χ0n) is 11.9. The van der Waals surface area contributed by atoms with E-state index in [1.165, 1.54) is 36.8 Å². The van der Waals surface area contributed by atoms with Crippen LogP contribution in [0.5, 0.6) is 0 Å². The molecule has 0 amide bonds. The molecule has 0 radical (unpaired) electrons. The predicted molar refractivity (Wildman–Crippen MR) is 79.2 cm³/mol. The zero-order valence-corrected chi connectivity index (χ0v) is 11.9. The number of para-hydroxylation sites is 1. The van der Waals surface area contributed by atoms with Crippen molar-refractivity contribution in [3.8, 4) is 0 Å². The summed E-state index contributed by atoms with van der Waals surface area (Å²) < 4.78 is 2.15. The Morgan fingerprint density at radius 3 is 2.79 bits per heavy atom. The number of nitrogens with zero attached hydrogens (tertiary/aromatic N) is 3. The molecule has 19 heavy (non-hydrogen) atoms. The van der Waals surface area contributed by atoms with Gasteiger partial charge in [-0.3, -0.25) is 9.58 Å². The van der Waals surface area contributed by atoms with Crippen molar-refractivity contribution < 1.29 is 0 Å². The highest BCUT2D eigenvalue weighted by atomic mass is 15.3. The van der Waals surface area contributed by atoms with E-state index in [1.54, 1.807) is 0 Å². The lowest BCUT2D eigenvalue weighted by Gasteiger charge is -2.34. The fourth-order valence-corrected chi connectivity index (χ4v) is 3.01. The number of benzene rings is 1. The Labute approximate surface area is 115 Å². The lowest BCUT2D eigenvalue weighted by molar-refractivity contribution is 0.134. The maximum absolute atomic E-state index is 4.54. The van der Waals surface area contributed by atoms with E-state index in [2.05, 4.69) is 52.8 Å². The highest BCUT2D eigenvalue weighted by Crippen LogP contribution is 2.20. The van der Waals surface area contributed by atoms with Crippen LogP contribution in [-0.2, 0) is 6.54 Å². The highest BCUT2D eigenvalue weighted by Gasteiger charge is 2.20. The van der Waals surface area contributed by atoms with Gasteiger partial charge in [0.25, 0.3) is 0 Å². The van der Waals surface area contributed by atoms with Gasteiger partial charge in [0.15, 0.2) is 0 Å². The van der Waals surface area contributed by atoms with Crippen LogP contribution in [0.3, 0.4) is 0 Å². The van der Waals surface area contributed by atoms with Crippen LogP contribution in [0.15, 0.2) is 30.5 Å². The first-order valence-electron chi connectivity index (χ1n) is 7.38. The minimum absolute atomic E-state index is 0.566. The molecule has 1 saturated heterocycles. The summed E-state index contributed by atoms with van der Waals surface area (Å²) >= 11 is 0. The first-order chi connectivity index (χ1) is 9.24. The lowest BCUT2D eigenvalue weighted by Crippen LogP contribution is -2.41. The Kier molecular flexibility index (Phi) is 3.56. The molecule has 0 saturated carbocycles. The molecule has 0 N–H and O–H groups in total. The molecule has 1 aromatic carbocycles. The number of rotatable bonds is 3. The Bertz CT molecular complexity index is 538. The molecule has 1 fully saturated rings. The quantitative estimate of drug-likeness (QED) is 0.842. The molecule has 2 heterocycles. The maximum atomic E-state index is 4.54. The molecule has 1 aliphatic heterocycles. The summed E-state index contributed by atoms with van der Waals surface area (Å²) in [6.45, 7) is 8.15. The van der Waals surface area contributed by atoms with Crippen molar-refractivity contribution in [2.75, 3.05) is 13.1 Å². The van der Waals surface area contributed by atoms with Crippen LogP contribution in [0.4, 0.5) is 0 Å². The third kappa shape index (κ3) is 2.66. The van der Waals surface area contributed by atoms with Crippen LogP contribution in [0.1, 0.15) is 26.7 Å². The van der Waals surface area contributed by atoms with Crippen molar-refractivity contribution in [3.05, 3.63) is 30.5 Å². The maximum Gasteiger partial charge on any atom is 0.0683 e. The highest BCUT2D eigenvalue weighted by molar-refractivity contribution is 5.78. The molecule has 2 aromatic rings. The van der Waals surface area contributed by atoms with Gasteiger partial charge in [0.2, 0.25) is 0 Å². The summed E-state index contributed by atoms with van der Waals surface area (Å²) in [5, 5.41) is 5.77. The van der Waals surface area contributed by atoms with Crippen molar-refractivity contribution in [1.29, 1.82) is 0 Å². The normalized spacial score (nSPS) is 19.9. The van der Waals surface area contributed by atoms with Gasteiger partial charge >= 0.3 is 0 Å². The van der Waals surface area contributed by atoms with Gasteiger partial charge < -0.3 is 0 Å². The van der Waals surface area contributed by atoms with E-state index < -0.39 is 0 Å². The fourth-order valence-electron chi connectivity index (χ4n) is 3.01. The Balaban J connectivity index is 1.70. The van der Waals surface area contributed by atoms with Crippen LogP contribution in [0, 0.1) is 5.92 Å². The SMILES string of the molecule is CC1CCN(C(C)Cn2ncc3ccccc32)CC1. The molecule has 0 bridgehead atoms. The van der Waals surface area contributed by atoms with E-state index in [0.29, 0.717) is 6.04 Å². The molecule has 1 aromatic heterocycles. The van der Waals surface area contributed by atoms with Gasteiger partial charge in [0, 0.05) is 11.4 Å². The third-order valence-corrected chi connectivity index (χ3v) is 4.43. The van der Waals surface area contributed by atoms with Crippen LogP contribution in [0.25, 0.3) is 10.9 Å². The summed E-state index contributed by atoms with van der Waals surface area (Å²) in [7, 11) is 0. The molecule has 3 nitrogen and oxygen atoms in total. The van der Waals surface area contributed by atoms with Crippen molar-refractivity contribution in [3.63, 3.8) is 0 Å². The monoisotopic (exact) mass is 257 g/mol. The van der Waals surface area contributed by atoms with E-state index in [0.717, 1.165) is 12.5 Å². The number of piperidine rings is 1. The second kappa shape index (κ2) is 5.33. The second-order valence-corrected chi connectivity index (χ2v) is 5.95. The van der Waals surface area contributed by atoms with Crippen molar-refractivity contribution >= 4 is 10.9 Å². The van der Waals surface area contributed by atoms with Gasteiger partial charge in [-0.1, -0.05) is 25.1 Å². The third-order valence-electron chi connectivity index (χ3n) is 4.43. The minimum Gasteiger partial charge on any atom is -0.299 e. The fraction of sp³-hybridized carbons (Fsp3) is 0.562. The summed E-state index contributed by atoms with van der Waals surface area (Å²) in [6.07, 6.45) is 4.65. The van der Waals surface area contributed by atoms with E-state index in [4.69, 9.17) is 0 Å². The molecular formula is C16H23N3. The standard InChI is InChI=1S/C16H23N3/c1-13-7-9-18(10-8-13)14(2)12-19-16-6-4-3-5-15(16)11-17-19/h3-6,11,13-14H,7-10,12H2,1-2H3. The number of hydrogen-bond donors (Lipinski definition) is 0. The van der Waals surface area contributed by atoms with E-state index in [9.17, 15) is 0 Å². The van der Waals surface area contributed by atoms with E-state index >= 15 is 0 Å². The topological polar surface area (TPSA) is 21.1 Å². The molecule has 0 aliphatic carbocycles. The smallest absolute Gasteiger partial charge is 0.0683 e. The average molecular weight is 257 g/mol. The number of likely N-dealkylation sites (tertiary alicyclic amines) is 1. The van der Waals surface area contributed by atoms with Gasteiger partial charge in [-0.25, -0.2) is 0 Å². The molecule has 3 rings (SSSR count). The van der Waals surface area contributed by atoms with E-state index in [-0.39, 0.29) is 0 Å². The Morgan fingerprint density at radius 2 is 2.00 bits per heavy atom. The minimum atomic E-state index is 0.566.